The first-order valence-corrected chi connectivity index (χ1v) is 6.83. The van der Waals surface area contributed by atoms with Crippen LogP contribution < -0.4 is 5.32 Å². The van der Waals surface area contributed by atoms with Gasteiger partial charge in [0.1, 0.15) is 5.82 Å². The number of thiophene rings is 1. The maximum absolute atomic E-state index is 13.2. The smallest absolute Gasteiger partial charge is 0.142 e. The maximum atomic E-state index is 13.2. The zero-order valence-corrected chi connectivity index (χ0v) is 11.1. The van der Waals surface area contributed by atoms with E-state index >= 15 is 0 Å². The molecule has 0 saturated heterocycles. The molecule has 0 aliphatic carbocycles. The molecule has 0 aliphatic rings. The standard InChI is InChI=1S/C13H13ClFNOS/c14-11-2-1-10(5-12(11)15)13(17)7-16-6-9-3-4-18-8-9/h1-5,8,13,16-17H,6-7H2. The van der Waals surface area contributed by atoms with Crippen molar-refractivity contribution in [2.45, 2.75) is 12.6 Å². The highest BCUT2D eigenvalue weighted by Crippen LogP contribution is 2.20. The van der Waals surface area contributed by atoms with E-state index in [1.165, 1.54) is 17.7 Å². The Bertz CT molecular complexity index is 504. The lowest BCUT2D eigenvalue weighted by Gasteiger charge is -2.12. The molecular formula is C13H13ClFNOS. The van der Waals surface area contributed by atoms with Crippen molar-refractivity contribution in [3.63, 3.8) is 0 Å². The van der Waals surface area contributed by atoms with E-state index < -0.39 is 11.9 Å². The molecule has 0 amide bonds. The van der Waals surface area contributed by atoms with Crippen LogP contribution in [0.5, 0.6) is 0 Å². The Labute approximate surface area is 114 Å². The summed E-state index contributed by atoms with van der Waals surface area (Å²) in [6.45, 7) is 1.06. The highest BCUT2D eigenvalue weighted by molar-refractivity contribution is 7.07. The van der Waals surface area contributed by atoms with E-state index in [4.69, 9.17) is 11.6 Å². The van der Waals surface area contributed by atoms with Gasteiger partial charge in [0.25, 0.3) is 0 Å². The van der Waals surface area contributed by atoms with Gasteiger partial charge in [0.05, 0.1) is 11.1 Å². The van der Waals surface area contributed by atoms with Gasteiger partial charge in [-0.15, -0.1) is 0 Å². The molecule has 0 fully saturated rings. The van der Waals surface area contributed by atoms with Crippen molar-refractivity contribution in [3.8, 4) is 0 Å². The van der Waals surface area contributed by atoms with E-state index in [0.29, 0.717) is 18.7 Å². The third-order valence-electron chi connectivity index (χ3n) is 2.58. The summed E-state index contributed by atoms with van der Waals surface area (Å²) in [5.41, 5.74) is 1.70. The Kier molecular flexibility index (Phi) is 4.72. The number of aliphatic hydroxyl groups is 1. The lowest BCUT2D eigenvalue weighted by molar-refractivity contribution is 0.174. The Morgan fingerprint density at radius 3 is 2.89 bits per heavy atom. The van der Waals surface area contributed by atoms with Gasteiger partial charge >= 0.3 is 0 Å². The normalized spacial score (nSPS) is 12.6. The molecule has 96 valence electrons. The zero-order valence-electron chi connectivity index (χ0n) is 9.57. The molecule has 2 rings (SSSR count). The van der Waals surface area contributed by atoms with Gasteiger partial charge in [-0.25, -0.2) is 4.39 Å². The van der Waals surface area contributed by atoms with Crippen LogP contribution in [0.25, 0.3) is 0 Å². The van der Waals surface area contributed by atoms with Crippen molar-refractivity contribution in [1.82, 2.24) is 5.32 Å². The van der Waals surface area contributed by atoms with Crippen LogP contribution in [0.4, 0.5) is 4.39 Å². The van der Waals surface area contributed by atoms with Crippen molar-refractivity contribution in [3.05, 3.63) is 57.0 Å². The van der Waals surface area contributed by atoms with Crippen molar-refractivity contribution >= 4 is 22.9 Å². The molecule has 1 aromatic carbocycles. The van der Waals surface area contributed by atoms with E-state index in [9.17, 15) is 9.50 Å². The van der Waals surface area contributed by atoms with Gasteiger partial charge in [-0.2, -0.15) is 11.3 Å². The summed E-state index contributed by atoms with van der Waals surface area (Å²) < 4.78 is 13.2. The predicted molar refractivity (Wildman–Crippen MR) is 72.4 cm³/mol. The summed E-state index contributed by atoms with van der Waals surface area (Å²) in [5, 5.41) is 17.1. The molecule has 5 heteroatoms. The quantitative estimate of drug-likeness (QED) is 0.883. The van der Waals surface area contributed by atoms with Gasteiger partial charge in [-0.05, 0) is 40.1 Å². The van der Waals surface area contributed by atoms with Gasteiger partial charge in [-0.3, -0.25) is 0 Å². The summed E-state index contributed by atoms with van der Waals surface area (Å²) in [5.74, 6) is -0.508. The Morgan fingerprint density at radius 1 is 1.39 bits per heavy atom. The first kappa shape index (κ1) is 13.5. The van der Waals surface area contributed by atoms with Gasteiger partial charge in [0.15, 0.2) is 0 Å². The minimum Gasteiger partial charge on any atom is -0.387 e. The number of benzene rings is 1. The first-order valence-electron chi connectivity index (χ1n) is 5.51. The van der Waals surface area contributed by atoms with E-state index in [0.717, 1.165) is 0 Å². The fourth-order valence-corrected chi connectivity index (χ4v) is 2.37. The van der Waals surface area contributed by atoms with Crippen LogP contribution in [0.3, 0.4) is 0 Å². The molecule has 0 saturated carbocycles. The van der Waals surface area contributed by atoms with Crippen LogP contribution in [-0.2, 0) is 6.54 Å². The number of halogens is 2. The molecule has 0 aliphatic heterocycles. The van der Waals surface area contributed by atoms with Crippen LogP contribution in [0, 0.1) is 5.82 Å². The fraction of sp³-hybridized carbons (Fsp3) is 0.231. The van der Waals surface area contributed by atoms with E-state index in [1.807, 2.05) is 16.8 Å². The predicted octanol–water partition coefficient (Wildman–Crippen LogP) is 3.36. The van der Waals surface area contributed by atoms with Gasteiger partial charge in [0.2, 0.25) is 0 Å². The van der Waals surface area contributed by atoms with Gasteiger partial charge < -0.3 is 10.4 Å². The highest BCUT2D eigenvalue weighted by atomic mass is 35.5. The number of hydrogen-bond donors (Lipinski definition) is 2. The summed E-state index contributed by atoms with van der Waals surface area (Å²) in [6, 6.07) is 6.36. The molecule has 0 radical (unpaired) electrons. The molecule has 1 atom stereocenters. The van der Waals surface area contributed by atoms with Crippen LogP contribution in [0.1, 0.15) is 17.2 Å². The summed E-state index contributed by atoms with van der Waals surface area (Å²) in [4.78, 5) is 0. The van der Waals surface area contributed by atoms with Crippen LogP contribution >= 0.6 is 22.9 Å². The second kappa shape index (κ2) is 6.29. The van der Waals surface area contributed by atoms with E-state index in [-0.39, 0.29) is 5.02 Å². The number of nitrogens with one attached hydrogen (secondary N) is 1. The summed E-state index contributed by atoms with van der Waals surface area (Å²) in [7, 11) is 0. The van der Waals surface area contributed by atoms with E-state index in [2.05, 4.69) is 5.32 Å². The molecule has 2 aromatic rings. The number of hydrogen-bond acceptors (Lipinski definition) is 3. The van der Waals surface area contributed by atoms with Crippen molar-refractivity contribution in [2.75, 3.05) is 6.54 Å². The lowest BCUT2D eigenvalue weighted by Crippen LogP contribution is -2.20. The second-order valence-electron chi connectivity index (χ2n) is 3.95. The average molecular weight is 286 g/mol. The van der Waals surface area contributed by atoms with Crippen molar-refractivity contribution in [2.24, 2.45) is 0 Å². The van der Waals surface area contributed by atoms with Crippen LogP contribution in [0.2, 0.25) is 5.02 Å². The van der Waals surface area contributed by atoms with Gasteiger partial charge in [-0.1, -0.05) is 17.7 Å². The monoisotopic (exact) mass is 285 g/mol. The Morgan fingerprint density at radius 2 is 2.22 bits per heavy atom. The van der Waals surface area contributed by atoms with Crippen molar-refractivity contribution < 1.29 is 9.50 Å². The largest absolute Gasteiger partial charge is 0.387 e. The molecule has 0 spiro atoms. The summed E-state index contributed by atoms with van der Waals surface area (Å²) in [6.07, 6.45) is -0.740. The van der Waals surface area contributed by atoms with Crippen LogP contribution in [-0.4, -0.2) is 11.7 Å². The fourth-order valence-electron chi connectivity index (χ4n) is 1.58. The van der Waals surface area contributed by atoms with Gasteiger partial charge in [0, 0.05) is 13.1 Å². The first-order chi connectivity index (χ1) is 8.66. The molecule has 1 unspecified atom stereocenters. The van der Waals surface area contributed by atoms with E-state index in [1.54, 1.807) is 17.4 Å². The third kappa shape index (κ3) is 3.53. The molecular weight excluding hydrogens is 273 g/mol. The molecule has 1 heterocycles. The minimum atomic E-state index is -0.740. The number of aliphatic hydroxyl groups excluding tert-OH is 1. The third-order valence-corrected chi connectivity index (χ3v) is 3.61. The second-order valence-corrected chi connectivity index (χ2v) is 5.14. The minimum absolute atomic E-state index is 0.0668. The zero-order chi connectivity index (χ0) is 13.0. The van der Waals surface area contributed by atoms with Crippen LogP contribution in [0.15, 0.2) is 35.0 Å². The maximum Gasteiger partial charge on any atom is 0.142 e. The summed E-state index contributed by atoms with van der Waals surface area (Å²) >= 11 is 7.22. The SMILES string of the molecule is OC(CNCc1ccsc1)c1ccc(Cl)c(F)c1. The average Bonchev–Trinajstić information content (AvgIpc) is 2.85. The molecule has 2 N–H and O–H groups in total. The molecule has 18 heavy (non-hydrogen) atoms. The lowest BCUT2D eigenvalue weighted by atomic mass is 10.1. The Hall–Kier alpha value is -0.940. The topological polar surface area (TPSA) is 32.3 Å². The van der Waals surface area contributed by atoms with Crippen molar-refractivity contribution in [1.29, 1.82) is 0 Å². The molecule has 2 nitrogen and oxygen atoms in total. The molecule has 0 bridgehead atoms. The Balaban J connectivity index is 1.87. The molecule has 1 aromatic heterocycles. The number of rotatable bonds is 5. The highest BCUT2D eigenvalue weighted by Gasteiger charge is 2.09.